The first-order valence-corrected chi connectivity index (χ1v) is 10.6. The summed E-state index contributed by atoms with van der Waals surface area (Å²) in [5.74, 6) is -1.02. The van der Waals surface area contributed by atoms with Gasteiger partial charge in [0, 0.05) is 18.7 Å². The largest absolute Gasteiger partial charge is 0.507 e. The number of aliphatic hydroxyl groups is 1. The molecule has 1 aliphatic rings. The molecule has 3 aromatic rings. The summed E-state index contributed by atoms with van der Waals surface area (Å²) in [5, 5.41) is 13.0. The fraction of sp³-hybridized carbons (Fsp3) is 0.280. The Morgan fingerprint density at radius 3 is 2.48 bits per heavy atom. The van der Waals surface area contributed by atoms with E-state index in [1.807, 2.05) is 36.4 Å². The fourth-order valence-corrected chi connectivity index (χ4v) is 4.22. The van der Waals surface area contributed by atoms with Crippen molar-refractivity contribution in [3.05, 3.63) is 77.8 Å². The second-order valence-corrected chi connectivity index (χ2v) is 7.56. The smallest absolute Gasteiger partial charge is 0.295 e. The predicted molar refractivity (Wildman–Crippen MR) is 119 cm³/mol. The summed E-state index contributed by atoms with van der Waals surface area (Å²) >= 11 is 0. The standard InChI is InChI=1S/C25H26N2O4/c1-3-26(4-2)14-15-27-22(20-13-8-16-31-20)21(24(29)25(27)30)23(28)19-12-7-10-17-9-5-6-11-18(17)19/h5-13,16,22,28H,3-4,14-15H2,1-2H3/b23-21-. The Bertz CT molecular complexity index is 1120. The number of likely N-dealkylation sites (N-methyl/N-ethyl adjacent to an activating group) is 1. The van der Waals surface area contributed by atoms with Crippen molar-refractivity contribution in [2.75, 3.05) is 26.2 Å². The summed E-state index contributed by atoms with van der Waals surface area (Å²) in [5.41, 5.74) is 0.590. The van der Waals surface area contributed by atoms with Crippen molar-refractivity contribution in [3.63, 3.8) is 0 Å². The van der Waals surface area contributed by atoms with Crippen molar-refractivity contribution in [2.24, 2.45) is 0 Å². The van der Waals surface area contributed by atoms with Crippen molar-refractivity contribution in [1.29, 1.82) is 0 Å². The number of Topliss-reactive ketones (excluding diaryl/α,β-unsaturated/α-hetero) is 1. The topological polar surface area (TPSA) is 74.0 Å². The SMILES string of the molecule is CCN(CC)CCN1C(=O)C(=O)/C(=C(\O)c2cccc3ccccc23)C1c1ccco1. The van der Waals surface area contributed by atoms with E-state index in [0.29, 0.717) is 24.4 Å². The number of furan rings is 1. The highest BCUT2D eigenvalue weighted by molar-refractivity contribution is 6.46. The van der Waals surface area contributed by atoms with E-state index in [4.69, 9.17) is 4.42 Å². The first-order valence-electron chi connectivity index (χ1n) is 10.6. The number of nitrogens with zero attached hydrogens (tertiary/aromatic N) is 2. The molecule has 0 aliphatic carbocycles. The van der Waals surface area contributed by atoms with E-state index in [1.54, 1.807) is 18.2 Å². The summed E-state index contributed by atoms with van der Waals surface area (Å²) in [6.45, 7) is 6.81. The lowest BCUT2D eigenvalue weighted by Crippen LogP contribution is -2.37. The van der Waals surface area contributed by atoms with E-state index in [9.17, 15) is 14.7 Å². The molecule has 31 heavy (non-hydrogen) atoms. The maximum absolute atomic E-state index is 13.1. The average molecular weight is 418 g/mol. The van der Waals surface area contributed by atoms with Crippen LogP contribution in [0.4, 0.5) is 0 Å². The second-order valence-electron chi connectivity index (χ2n) is 7.56. The van der Waals surface area contributed by atoms with Gasteiger partial charge in [0.05, 0.1) is 11.8 Å². The number of carbonyl (C=O) groups excluding carboxylic acids is 2. The van der Waals surface area contributed by atoms with Gasteiger partial charge in [-0.3, -0.25) is 9.59 Å². The highest BCUT2D eigenvalue weighted by Crippen LogP contribution is 2.40. The van der Waals surface area contributed by atoms with Crippen molar-refractivity contribution >= 4 is 28.2 Å². The van der Waals surface area contributed by atoms with E-state index >= 15 is 0 Å². The third-order valence-electron chi connectivity index (χ3n) is 5.95. The maximum Gasteiger partial charge on any atom is 0.295 e. The average Bonchev–Trinajstić information content (AvgIpc) is 3.41. The van der Waals surface area contributed by atoms with E-state index in [2.05, 4.69) is 18.7 Å². The lowest BCUT2D eigenvalue weighted by atomic mass is 9.96. The van der Waals surface area contributed by atoms with Gasteiger partial charge in [0.2, 0.25) is 0 Å². The van der Waals surface area contributed by atoms with E-state index in [-0.39, 0.29) is 11.3 Å². The van der Waals surface area contributed by atoms with Crippen LogP contribution in [0.1, 0.15) is 31.2 Å². The zero-order valence-corrected chi connectivity index (χ0v) is 17.7. The summed E-state index contributed by atoms with van der Waals surface area (Å²) in [7, 11) is 0. The third kappa shape index (κ3) is 3.75. The molecule has 1 atom stereocenters. The molecule has 1 fully saturated rings. The molecule has 1 N–H and O–H groups in total. The Balaban J connectivity index is 1.83. The van der Waals surface area contributed by atoms with Crippen LogP contribution in [0.3, 0.4) is 0 Å². The molecule has 1 saturated heterocycles. The van der Waals surface area contributed by atoms with Crippen LogP contribution < -0.4 is 0 Å². The maximum atomic E-state index is 13.1. The van der Waals surface area contributed by atoms with Crippen molar-refractivity contribution in [1.82, 2.24) is 9.80 Å². The van der Waals surface area contributed by atoms with Crippen molar-refractivity contribution in [3.8, 4) is 0 Å². The molecule has 1 aromatic heterocycles. The van der Waals surface area contributed by atoms with Gasteiger partial charge in [0.25, 0.3) is 11.7 Å². The highest BCUT2D eigenvalue weighted by Gasteiger charge is 2.47. The quantitative estimate of drug-likeness (QED) is 0.354. The molecule has 6 nitrogen and oxygen atoms in total. The number of rotatable bonds is 7. The number of ketones is 1. The molecule has 160 valence electrons. The molecular weight excluding hydrogens is 392 g/mol. The van der Waals surface area contributed by atoms with Gasteiger partial charge in [-0.15, -0.1) is 0 Å². The van der Waals surface area contributed by atoms with Crippen LogP contribution in [-0.2, 0) is 9.59 Å². The van der Waals surface area contributed by atoms with Crippen molar-refractivity contribution in [2.45, 2.75) is 19.9 Å². The number of hydrogen-bond acceptors (Lipinski definition) is 5. The number of fused-ring (bicyclic) bond motifs is 1. The Labute approximate surface area is 181 Å². The normalized spacial score (nSPS) is 18.4. The van der Waals surface area contributed by atoms with Crippen LogP contribution in [0, 0.1) is 0 Å². The summed E-state index contributed by atoms with van der Waals surface area (Å²) in [4.78, 5) is 29.8. The highest BCUT2D eigenvalue weighted by atomic mass is 16.3. The first kappa shape index (κ1) is 20.9. The minimum atomic E-state index is -0.760. The molecule has 0 saturated carbocycles. The molecule has 1 unspecified atom stereocenters. The van der Waals surface area contributed by atoms with Crippen LogP contribution in [0.2, 0.25) is 0 Å². The fourth-order valence-electron chi connectivity index (χ4n) is 4.22. The minimum absolute atomic E-state index is 0.0656. The molecule has 6 heteroatoms. The molecule has 4 rings (SSSR count). The van der Waals surface area contributed by atoms with Crippen LogP contribution in [0.15, 0.2) is 70.9 Å². The van der Waals surface area contributed by atoms with Gasteiger partial charge < -0.3 is 19.3 Å². The zero-order chi connectivity index (χ0) is 22.0. The predicted octanol–water partition coefficient (Wildman–Crippen LogP) is 4.20. The molecular formula is C25H26N2O4. The summed E-state index contributed by atoms with van der Waals surface area (Å²) in [6.07, 6.45) is 1.51. The van der Waals surface area contributed by atoms with E-state index in [0.717, 1.165) is 23.9 Å². The number of aliphatic hydroxyl groups excluding tert-OH is 1. The van der Waals surface area contributed by atoms with Crippen molar-refractivity contribution < 1.29 is 19.1 Å². The monoisotopic (exact) mass is 418 g/mol. The van der Waals surface area contributed by atoms with Crippen LogP contribution in [0.5, 0.6) is 0 Å². The second kappa shape index (κ2) is 8.78. The number of amides is 1. The number of likely N-dealkylation sites (tertiary alicyclic amines) is 1. The van der Waals surface area contributed by atoms with E-state index in [1.165, 1.54) is 11.2 Å². The zero-order valence-electron chi connectivity index (χ0n) is 17.7. The van der Waals surface area contributed by atoms with Gasteiger partial charge in [0.1, 0.15) is 17.6 Å². The lowest BCUT2D eigenvalue weighted by molar-refractivity contribution is -0.140. The van der Waals surface area contributed by atoms with Gasteiger partial charge in [-0.2, -0.15) is 0 Å². The Morgan fingerprint density at radius 2 is 1.77 bits per heavy atom. The number of carbonyl (C=O) groups is 2. The first-order chi connectivity index (χ1) is 15.1. The minimum Gasteiger partial charge on any atom is -0.507 e. The number of hydrogen-bond donors (Lipinski definition) is 1. The Morgan fingerprint density at radius 1 is 1.03 bits per heavy atom. The van der Waals surface area contributed by atoms with Crippen LogP contribution in [0.25, 0.3) is 16.5 Å². The molecule has 2 heterocycles. The summed E-state index contributed by atoms with van der Waals surface area (Å²) < 4.78 is 5.60. The van der Waals surface area contributed by atoms with Gasteiger partial charge in [-0.05, 0) is 36.0 Å². The molecule has 1 aliphatic heterocycles. The molecule has 1 amide bonds. The number of benzene rings is 2. The molecule has 0 bridgehead atoms. The molecule has 0 spiro atoms. The third-order valence-corrected chi connectivity index (χ3v) is 5.95. The van der Waals surface area contributed by atoms with Gasteiger partial charge in [-0.25, -0.2) is 0 Å². The Kier molecular flexibility index (Phi) is 5.91. The molecule has 0 radical (unpaired) electrons. The van der Waals surface area contributed by atoms with Gasteiger partial charge in [-0.1, -0.05) is 56.3 Å². The van der Waals surface area contributed by atoms with E-state index < -0.39 is 17.7 Å². The van der Waals surface area contributed by atoms with Crippen LogP contribution >= 0.6 is 0 Å². The lowest BCUT2D eigenvalue weighted by Gasteiger charge is -2.26. The Hall–Kier alpha value is -3.38. The van der Waals surface area contributed by atoms with Gasteiger partial charge in [0.15, 0.2) is 0 Å². The summed E-state index contributed by atoms with van der Waals surface area (Å²) in [6, 6.07) is 15.9. The van der Waals surface area contributed by atoms with Gasteiger partial charge >= 0.3 is 0 Å². The van der Waals surface area contributed by atoms with Crippen LogP contribution in [-0.4, -0.2) is 52.8 Å². The molecule has 2 aromatic carbocycles.